The number of nitrogen functional groups attached to an aromatic ring is 1. The van der Waals surface area contributed by atoms with E-state index in [4.69, 9.17) is 5.73 Å². The minimum Gasteiger partial charge on any atom is -0.399 e. The van der Waals surface area contributed by atoms with Crippen LogP contribution in [0.1, 0.15) is 6.42 Å². The molecule has 0 saturated carbocycles. The van der Waals surface area contributed by atoms with E-state index in [-0.39, 0.29) is 9.99 Å². The highest BCUT2D eigenvalue weighted by Crippen LogP contribution is 2.26. The van der Waals surface area contributed by atoms with Crippen LogP contribution in [-0.4, -0.2) is 32.5 Å². The van der Waals surface area contributed by atoms with Crippen LogP contribution in [0.2, 0.25) is 0 Å². The Hall–Kier alpha value is -1.42. The molecular weight excluding hydrogens is 307 g/mol. The SMILES string of the molecule is CN(CCC(F)(F)F)S(=O)(=O)c1c(F)cc(N)cc1F. The van der Waals surface area contributed by atoms with E-state index in [9.17, 15) is 30.4 Å². The van der Waals surface area contributed by atoms with E-state index in [2.05, 4.69) is 0 Å². The van der Waals surface area contributed by atoms with Crippen LogP contribution in [0.4, 0.5) is 27.6 Å². The molecule has 0 fully saturated rings. The lowest BCUT2D eigenvalue weighted by molar-refractivity contribution is -0.135. The normalized spacial score (nSPS) is 12.9. The van der Waals surface area contributed by atoms with E-state index in [1.54, 1.807) is 0 Å². The minimum absolute atomic E-state index is 0.234. The molecule has 20 heavy (non-hydrogen) atoms. The third-order valence-corrected chi connectivity index (χ3v) is 4.31. The molecule has 0 aromatic heterocycles. The van der Waals surface area contributed by atoms with Crippen molar-refractivity contribution in [2.24, 2.45) is 0 Å². The summed E-state index contributed by atoms with van der Waals surface area (Å²) in [5, 5.41) is 0. The second-order valence-corrected chi connectivity index (χ2v) is 5.99. The summed E-state index contributed by atoms with van der Waals surface area (Å²) in [6.07, 6.45) is -6.01. The van der Waals surface area contributed by atoms with Gasteiger partial charge in [-0.2, -0.15) is 13.2 Å². The fraction of sp³-hybridized carbons (Fsp3) is 0.400. The van der Waals surface area contributed by atoms with Crippen LogP contribution in [-0.2, 0) is 10.0 Å². The van der Waals surface area contributed by atoms with Gasteiger partial charge in [0.15, 0.2) is 4.90 Å². The molecule has 0 bridgehead atoms. The van der Waals surface area contributed by atoms with Crippen molar-refractivity contribution in [3.8, 4) is 0 Å². The molecule has 0 saturated heterocycles. The molecular formula is C10H11F5N2O2S. The van der Waals surface area contributed by atoms with Gasteiger partial charge in [0.1, 0.15) is 11.6 Å². The van der Waals surface area contributed by atoms with Crippen molar-refractivity contribution in [3.63, 3.8) is 0 Å². The molecule has 0 radical (unpaired) electrons. The van der Waals surface area contributed by atoms with Crippen LogP contribution in [0, 0.1) is 11.6 Å². The summed E-state index contributed by atoms with van der Waals surface area (Å²) < 4.78 is 87.0. The van der Waals surface area contributed by atoms with Crippen molar-refractivity contribution in [2.75, 3.05) is 19.3 Å². The van der Waals surface area contributed by atoms with Gasteiger partial charge >= 0.3 is 6.18 Å². The van der Waals surface area contributed by atoms with E-state index < -0.39 is 45.7 Å². The Morgan fingerprint density at radius 3 is 2.05 bits per heavy atom. The second-order valence-electron chi connectivity index (χ2n) is 4.01. The van der Waals surface area contributed by atoms with Gasteiger partial charge in [-0.25, -0.2) is 21.5 Å². The zero-order valence-electron chi connectivity index (χ0n) is 10.2. The second kappa shape index (κ2) is 5.52. The molecule has 10 heteroatoms. The van der Waals surface area contributed by atoms with Crippen molar-refractivity contribution >= 4 is 15.7 Å². The number of rotatable bonds is 4. The first-order chi connectivity index (χ1) is 8.95. The fourth-order valence-corrected chi connectivity index (χ4v) is 2.64. The average Bonchev–Trinajstić information content (AvgIpc) is 2.22. The average molecular weight is 318 g/mol. The molecule has 0 atom stereocenters. The fourth-order valence-electron chi connectivity index (χ4n) is 1.39. The van der Waals surface area contributed by atoms with E-state index >= 15 is 0 Å². The lowest BCUT2D eigenvalue weighted by atomic mass is 10.3. The van der Waals surface area contributed by atoms with Gasteiger partial charge in [0.05, 0.1) is 6.42 Å². The number of alkyl halides is 3. The highest BCUT2D eigenvalue weighted by molar-refractivity contribution is 7.89. The lowest BCUT2D eigenvalue weighted by Gasteiger charge is -2.18. The molecule has 1 aromatic carbocycles. The first kappa shape index (κ1) is 16.6. The maximum Gasteiger partial charge on any atom is 0.390 e. The first-order valence-corrected chi connectivity index (χ1v) is 6.67. The number of nitrogens with two attached hydrogens (primary N) is 1. The molecule has 0 unspecified atom stereocenters. The summed E-state index contributed by atoms with van der Waals surface area (Å²) in [6.45, 7) is -0.949. The molecule has 4 nitrogen and oxygen atoms in total. The molecule has 0 amide bonds. The Bertz CT molecular complexity index is 577. The number of benzene rings is 1. The number of halogens is 5. The smallest absolute Gasteiger partial charge is 0.390 e. The predicted octanol–water partition coefficient (Wildman–Crippen LogP) is 2.12. The van der Waals surface area contributed by atoms with E-state index in [1.165, 1.54) is 0 Å². The maximum absolute atomic E-state index is 13.5. The zero-order chi connectivity index (χ0) is 15.7. The summed E-state index contributed by atoms with van der Waals surface area (Å²) >= 11 is 0. The highest BCUT2D eigenvalue weighted by atomic mass is 32.2. The molecule has 1 aromatic rings. The Morgan fingerprint density at radius 2 is 1.65 bits per heavy atom. The number of nitrogens with zero attached hydrogens (tertiary/aromatic N) is 1. The van der Waals surface area contributed by atoms with Gasteiger partial charge in [0.2, 0.25) is 10.0 Å². The van der Waals surface area contributed by atoms with Crippen LogP contribution in [0.25, 0.3) is 0 Å². The standard InChI is InChI=1S/C10H11F5N2O2S/c1-17(3-2-10(13,14)15)20(18,19)9-7(11)4-6(16)5-8(9)12/h4-5H,2-3,16H2,1H3. The van der Waals surface area contributed by atoms with Gasteiger partial charge in [0, 0.05) is 19.3 Å². The van der Waals surface area contributed by atoms with Crippen LogP contribution in [0.5, 0.6) is 0 Å². The Labute approximate surface area is 112 Å². The van der Waals surface area contributed by atoms with Gasteiger partial charge in [-0.05, 0) is 12.1 Å². The zero-order valence-corrected chi connectivity index (χ0v) is 11.0. The van der Waals surface area contributed by atoms with Crippen molar-refractivity contribution < 1.29 is 30.4 Å². The molecule has 0 heterocycles. The summed E-state index contributed by atoms with van der Waals surface area (Å²) in [5.74, 6) is -2.91. The van der Waals surface area contributed by atoms with Crippen LogP contribution in [0.3, 0.4) is 0 Å². The molecule has 114 valence electrons. The van der Waals surface area contributed by atoms with E-state index in [0.717, 1.165) is 7.05 Å². The topological polar surface area (TPSA) is 63.4 Å². The van der Waals surface area contributed by atoms with Crippen molar-refractivity contribution in [1.82, 2.24) is 4.31 Å². The van der Waals surface area contributed by atoms with Gasteiger partial charge in [-0.3, -0.25) is 0 Å². The predicted molar refractivity (Wildman–Crippen MR) is 61.3 cm³/mol. The highest BCUT2D eigenvalue weighted by Gasteiger charge is 2.33. The lowest BCUT2D eigenvalue weighted by Crippen LogP contribution is -2.32. The molecule has 0 spiro atoms. The monoisotopic (exact) mass is 318 g/mol. The number of sulfonamides is 1. The van der Waals surface area contributed by atoms with Crippen LogP contribution < -0.4 is 5.73 Å². The number of anilines is 1. The first-order valence-electron chi connectivity index (χ1n) is 5.23. The van der Waals surface area contributed by atoms with Crippen molar-refractivity contribution in [1.29, 1.82) is 0 Å². The Kier molecular flexibility index (Phi) is 4.59. The quantitative estimate of drug-likeness (QED) is 0.683. The van der Waals surface area contributed by atoms with Crippen molar-refractivity contribution in [2.45, 2.75) is 17.5 Å². The van der Waals surface area contributed by atoms with Gasteiger partial charge in [-0.1, -0.05) is 0 Å². The summed E-state index contributed by atoms with van der Waals surface area (Å²) in [6, 6.07) is 1.15. The van der Waals surface area contributed by atoms with Gasteiger partial charge in [-0.15, -0.1) is 0 Å². The minimum atomic E-state index is -4.71. The van der Waals surface area contributed by atoms with Gasteiger partial charge in [0.25, 0.3) is 0 Å². The Morgan fingerprint density at radius 1 is 1.20 bits per heavy atom. The maximum atomic E-state index is 13.5. The van der Waals surface area contributed by atoms with Gasteiger partial charge < -0.3 is 5.73 Å². The van der Waals surface area contributed by atoms with E-state index in [1.807, 2.05) is 0 Å². The Balaban J connectivity index is 3.11. The summed E-state index contributed by atoms with van der Waals surface area (Å²) in [4.78, 5) is -1.32. The van der Waals surface area contributed by atoms with Crippen LogP contribution >= 0.6 is 0 Å². The summed E-state index contributed by atoms with van der Waals surface area (Å²) in [5.41, 5.74) is 4.79. The molecule has 0 aliphatic heterocycles. The van der Waals surface area contributed by atoms with E-state index in [0.29, 0.717) is 12.1 Å². The van der Waals surface area contributed by atoms with Crippen molar-refractivity contribution in [3.05, 3.63) is 23.8 Å². The third kappa shape index (κ3) is 3.79. The molecule has 1 rings (SSSR count). The molecule has 2 N–H and O–H groups in total. The third-order valence-electron chi connectivity index (χ3n) is 2.40. The van der Waals surface area contributed by atoms with Crippen LogP contribution in [0.15, 0.2) is 17.0 Å². The number of hydrogen-bond donors (Lipinski definition) is 1. The largest absolute Gasteiger partial charge is 0.399 e. The molecule has 0 aliphatic carbocycles. The molecule has 0 aliphatic rings. The number of hydrogen-bond acceptors (Lipinski definition) is 3. The summed E-state index contributed by atoms with van der Waals surface area (Å²) in [7, 11) is -3.91.